The second kappa shape index (κ2) is 6.90. The van der Waals surface area contributed by atoms with Crippen molar-refractivity contribution < 1.29 is 4.42 Å². The molecule has 134 valence electrons. The number of pyridine rings is 1. The van der Waals surface area contributed by atoms with Crippen molar-refractivity contribution in [3.8, 4) is 22.4 Å². The average Bonchev–Trinajstić information content (AvgIpc) is 3.07. The number of nitrogens with zero attached hydrogens (tertiary/aromatic N) is 4. The van der Waals surface area contributed by atoms with E-state index in [0.29, 0.717) is 5.92 Å². The van der Waals surface area contributed by atoms with Crippen LogP contribution in [-0.2, 0) is 0 Å². The fourth-order valence-corrected chi connectivity index (χ4v) is 3.66. The van der Waals surface area contributed by atoms with E-state index in [1.165, 1.54) is 12.8 Å². The summed E-state index contributed by atoms with van der Waals surface area (Å²) in [6.07, 6.45) is 7.96. The predicted molar refractivity (Wildman–Crippen MR) is 103 cm³/mol. The topological polar surface area (TPSA) is 55.1 Å². The minimum Gasteiger partial charge on any atom is -0.469 e. The molecule has 26 heavy (non-hydrogen) atoms. The van der Waals surface area contributed by atoms with Crippen molar-refractivity contribution in [1.29, 1.82) is 0 Å². The largest absolute Gasteiger partial charge is 0.469 e. The number of anilines is 1. The molecular formula is C21H24N4O. The number of aryl methyl sites for hydroxylation is 2. The van der Waals surface area contributed by atoms with Gasteiger partial charge in [-0.05, 0) is 56.4 Å². The molecule has 0 N–H and O–H groups in total. The quantitative estimate of drug-likeness (QED) is 0.689. The molecule has 1 fully saturated rings. The van der Waals surface area contributed by atoms with Crippen LogP contribution in [0.3, 0.4) is 0 Å². The smallest absolute Gasteiger partial charge is 0.225 e. The fourth-order valence-electron chi connectivity index (χ4n) is 3.66. The van der Waals surface area contributed by atoms with Gasteiger partial charge in [0.05, 0.1) is 12.0 Å². The molecule has 0 radical (unpaired) electrons. The van der Waals surface area contributed by atoms with E-state index in [4.69, 9.17) is 14.4 Å². The molecule has 0 bridgehead atoms. The standard InChI is InChI=1S/C21H24N4O/c1-14-5-4-9-25(13-14)21-23-12-19(17-6-8-22-15(2)11-17)20(24-21)18-7-10-26-16(18)3/h6-8,10-12,14H,4-5,9,13H2,1-3H3. The van der Waals surface area contributed by atoms with E-state index < -0.39 is 0 Å². The van der Waals surface area contributed by atoms with Crippen LogP contribution in [0.1, 0.15) is 31.2 Å². The first-order valence-electron chi connectivity index (χ1n) is 9.21. The van der Waals surface area contributed by atoms with Gasteiger partial charge in [-0.25, -0.2) is 9.97 Å². The Balaban J connectivity index is 1.83. The molecule has 3 aromatic rings. The Morgan fingerprint density at radius 1 is 1.15 bits per heavy atom. The normalized spacial score (nSPS) is 17.5. The summed E-state index contributed by atoms with van der Waals surface area (Å²) < 4.78 is 5.55. The van der Waals surface area contributed by atoms with Crippen LogP contribution in [0.4, 0.5) is 5.95 Å². The van der Waals surface area contributed by atoms with Crippen LogP contribution in [0.5, 0.6) is 0 Å². The lowest BCUT2D eigenvalue weighted by Crippen LogP contribution is -2.35. The van der Waals surface area contributed by atoms with Crippen molar-refractivity contribution >= 4 is 5.95 Å². The summed E-state index contributed by atoms with van der Waals surface area (Å²) in [6, 6.07) is 6.06. The Hall–Kier alpha value is -2.69. The average molecular weight is 348 g/mol. The van der Waals surface area contributed by atoms with Crippen LogP contribution >= 0.6 is 0 Å². The molecule has 1 aliphatic rings. The minimum atomic E-state index is 0.675. The van der Waals surface area contributed by atoms with Gasteiger partial charge in [-0.3, -0.25) is 4.98 Å². The van der Waals surface area contributed by atoms with E-state index in [1.807, 2.05) is 38.4 Å². The first-order valence-corrected chi connectivity index (χ1v) is 9.21. The zero-order valence-electron chi connectivity index (χ0n) is 15.6. The van der Waals surface area contributed by atoms with Gasteiger partial charge in [-0.1, -0.05) is 6.92 Å². The van der Waals surface area contributed by atoms with E-state index in [0.717, 1.165) is 52.9 Å². The maximum Gasteiger partial charge on any atom is 0.225 e. The molecule has 0 aliphatic carbocycles. The van der Waals surface area contributed by atoms with Crippen LogP contribution in [0.15, 0.2) is 41.3 Å². The van der Waals surface area contributed by atoms with Crippen molar-refractivity contribution in [3.63, 3.8) is 0 Å². The van der Waals surface area contributed by atoms with Gasteiger partial charge in [0.1, 0.15) is 5.76 Å². The van der Waals surface area contributed by atoms with Gasteiger partial charge in [0, 0.05) is 42.3 Å². The van der Waals surface area contributed by atoms with Gasteiger partial charge >= 0.3 is 0 Å². The van der Waals surface area contributed by atoms with Crippen LogP contribution in [0.25, 0.3) is 22.4 Å². The number of hydrogen-bond acceptors (Lipinski definition) is 5. The fraction of sp³-hybridized carbons (Fsp3) is 0.381. The van der Waals surface area contributed by atoms with Crippen LogP contribution in [0, 0.1) is 19.8 Å². The second-order valence-corrected chi connectivity index (χ2v) is 7.20. The van der Waals surface area contributed by atoms with Crippen molar-refractivity contribution in [3.05, 3.63) is 48.3 Å². The van der Waals surface area contributed by atoms with Crippen LogP contribution < -0.4 is 4.90 Å². The molecule has 4 heterocycles. The molecule has 0 spiro atoms. The molecule has 1 saturated heterocycles. The van der Waals surface area contributed by atoms with E-state index in [-0.39, 0.29) is 0 Å². The summed E-state index contributed by atoms with van der Waals surface area (Å²) in [4.78, 5) is 16.3. The highest BCUT2D eigenvalue weighted by Crippen LogP contribution is 2.34. The Labute approximate surface area is 154 Å². The lowest BCUT2D eigenvalue weighted by atomic mass is 10.00. The third-order valence-electron chi connectivity index (χ3n) is 5.04. The van der Waals surface area contributed by atoms with Crippen molar-refractivity contribution in [2.24, 2.45) is 5.92 Å². The molecule has 0 saturated carbocycles. The zero-order chi connectivity index (χ0) is 18.1. The summed E-state index contributed by atoms with van der Waals surface area (Å²) in [5, 5.41) is 0. The molecule has 1 atom stereocenters. The highest BCUT2D eigenvalue weighted by Gasteiger charge is 2.21. The third kappa shape index (κ3) is 3.21. The van der Waals surface area contributed by atoms with Gasteiger partial charge in [0.25, 0.3) is 0 Å². The number of piperidine rings is 1. The maximum atomic E-state index is 5.55. The third-order valence-corrected chi connectivity index (χ3v) is 5.04. The van der Waals surface area contributed by atoms with E-state index in [1.54, 1.807) is 6.26 Å². The van der Waals surface area contributed by atoms with Crippen molar-refractivity contribution in [1.82, 2.24) is 15.0 Å². The number of furan rings is 1. The highest BCUT2D eigenvalue weighted by molar-refractivity contribution is 5.81. The Kier molecular flexibility index (Phi) is 4.45. The van der Waals surface area contributed by atoms with Crippen molar-refractivity contribution in [2.75, 3.05) is 18.0 Å². The predicted octanol–water partition coefficient (Wildman–Crippen LogP) is 4.65. The Morgan fingerprint density at radius 2 is 2.04 bits per heavy atom. The number of hydrogen-bond donors (Lipinski definition) is 0. The summed E-state index contributed by atoms with van der Waals surface area (Å²) >= 11 is 0. The van der Waals surface area contributed by atoms with Gasteiger partial charge in [0.15, 0.2) is 0 Å². The molecule has 1 aliphatic heterocycles. The number of aromatic nitrogens is 3. The SMILES string of the molecule is Cc1cc(-c2cnc(N3CCCC(C)C3)nc2-c2ccoc2C)ccn1. The van der Waals surface area contributed by atoms with E-state index >= 15 is 0 Å². The Bertz CT molecular complexity index is 918. The van der Waals surface area contributed by atoms with Gasteiger partial charge in [-0.2, -0.15) is 0 Å². The summed E-state index contributed by atoms with van der Waals surface area (Å²) in [7, 11) is 0. The lowest BCUT2D eigenvalue weighted by molar-refractivity contribution is 0.442. The van der Waals surface area contributed by atoms with Crippen LogP contribution in [-0.4, -0.2) is 28.0 Å². The summed E-state index contributed by atoms with van der Waals surface area (Å²) in [6.45, 7) is 8.29. The maximum absolute atomic E-state index is 5.55. The molecular weight excluding hydrogens is 324 g/mol. The summed E-state index contributed by atoms with van der Waals surface area (Å²) in [5.41, 5.74) is 5.00. The molecule has 5 heteroatoms. The first-order chi connectivity index (χ1) is 12.6. The van der Waals surface area contributed by atoms with Crippen molar-refractivity contribution in [2.45, 2.75) is 33.6 Å². The van der Waals surface area contributed by atoms with Crippen LogP contribution in [0.2, 0.25) is 0 Å². The molecule has 4 rings (SSSR count). The lowest BCUT2D eigenvalue weighted by Gasteiger charge is -2.31. The number of rotatable bonds is 3. The monoisotopic (exact) mass is 348 g/mol. The molecule has 3 aromatic heterocycles. The molecule has 0 aromatic carbocycles. The molecule has 1 unspecified atom stereocenters. The van der Waals surface area contributed by atoms with Gasteiger partial charge < -0.3 is 9.32 Å². The second-order valence-electron chi connectivity index (χ2n) is 7.20. The zero-order valence-corrected chi connectivity index (χ0v) is 15.6. The van der Waals surface area contributed by atoms with E-state index in [9.17, 15) is 0 Å². The van der Waals surface area contributed by atoms with Gasteiger partial charge in [0.2, 0.25) is 5.95 Å². The minimum absolute atomic E-state index is 0.675. The summed E-state index contributed by atoms with van der Waals surface area (Å²) in [5.74, 6) is 2.35. The molecule has 5 nitrogen and oxygen atoms in total. The molecule has 0 amide bonds. The van der Waals surface area contributed by atoms with E-state index in [2.05, 4.69) is 22.9 Å². The first kappa shape index (κ1) is 16.8. The van der Waals surface area contributed by atoms with Gasteiger partial charge in [-0.15, -0.1) is 0 Å². The Morgan fingerprint density at radius 3 is 2.77 bits per heavy atom. The highest BCUT2D eigenvalue weighted by atomic mass is 16.3.